The number of nitrogens with one attached hydrogen (secondary N) is 1. The van der Waals surface area contributed by atoms with E-state index in [-0.39, 0.29) is 36.9 Å². The van der Waals surface area contributed by atoms with E-state index in [1.54, 1.807) is 18.5 Å². The Balaban J connectivity index is 0.00000110. The van der Waals surface area contributed by atoms with Crippen LogP contribution in [0.2, 0.25) is 0 Å². The molecule has 1 aromatic carbocycles. The number of fused-ring (bicyclic) bond motifs is 1. The summed E-state index contributed by atoms with van der Waals surface area (Å²) in [5, 5.41) is 3.70. The zero-order valence-electron chi connectivity index (χ0n) is 12.2. The van der Waals surface area contributed by atoms with E-state index in [9.17, 15) is 4.79 Å². The minimum absolute atomic E-state index is 0. The van der Waals surface area contributed by atoms with E-state index >= 15 is 0 Å². The molecular formula is C15H13N2NaO2. The van der Waals surface area contributed by atoms with Crippen LogP contribution in [0.5, 0.6) is 0 Å². The van der Waals surface area contributed by atoms with Gasteiger partial charge in [0.2, 0.25) is 0 Å². The van der Waals surface area contributed by atoms with Crippen molar-refractivity contribution in [3.8, 4) is 0 Å². The Kier molecular flexibility index (Phi) is 4.95. The molecule has 1 N–H and O–H groups in total. The summed E-state index contributed by atoms with van der Waals surface area (Å²) in [6.45, 7) is 0.481. The number of hydrogen-bond donors (Lipinski definition) is 1. The maximum atomic E-state index is 12.0. The fourth-order valence-corrected chi connectivity index (χ4v) is 1.86. The summed E-state index contributed by atoms with van der Waals surface area (Å²) in [6.07, 6.45) is 3.27. The van der Waals surface area contributed by atoms with Gasteiger partial charge in [0.1, 0.15) is 0 Å². The second-order valence-corrected chi connectivity index (χ2v) is 4.19. The zero-order valence-corrected chi connectivity index (χ0v) is 13.2. The first-order chi connectivity index (χ1) is 9.33. The predicted octanol–water partition coefficient (Wildman–Crippen LogP) is -0.126. The molecule has 0 bridgehead atoms. The summed E-state index contributed by atoms with van der Waals surface area (Å²) in [7, 11) is 0. The molecule has 2 heterocycles. The maximum absolute atomic E-state index is 12.0. The Bertz CT molecular complexity index is 683. The molecule has 0 fully saturated rings. The molecule has 4 nitrogen and oxygen atoms in total. The van der Waals surface area contributed by atoms with E-state index < -0.39 is 0 Å². The SMILES string of the molecule is O=C(NCc1ccccc1)c1cc2ccncc2o1.[H-].[Na+]. The molecule has 1 amide bonds. The largest absolute Gasteiger partial charge is 1.00 e. The summed E-state index contributed by atoms with van der Waals surface area (Å²) in [4.78, 5) is 15.9. The van der Waals surface area contributed by atoms with E-state index in [4.69, 9.17) is 4.42 Å². The van der Waals surface area contributed by atoms with Gasteiger partial charge in [0, 0.05) is 18.1 Å². The van der Waals surface area contributed by atoms with E-state index in [0.29, 0.717) is 17.9 Å². The van der Waals surface area contributed by atoms with Gasteiger partial charge in [-0.2, -0.15) is 0 Å². The number of furan rings is 1. The van der Waals surface area contributed by atoms with Crippen molar-refractivity contribution >= 4 is 16.9 Å². The number of hydrogen-bond acceptors (Lipinski definition) is 3. The Morgan fingerprint density at radius 3 is 2.80 bits per heavy atom. The molecule has 20 heavy (non-hydrogen) atoms. The maximum Gasteiger partial charge on any atom is 1.00 e. The summed E-state index contributed by atoms with van der Waals surface area (Å²) in [5.41, 5.74) is 1.67. The van der Waals surface area contributed by atoms with Crippen LogP contribution in [0.25, 0.3) is 11.0 Å². The Hall–Kier alpha value is -1.62. The first kappa shape index (κ1) is 14.8. The van der Waals surface area contributed by atoms with Gasteiger partial charge in [-0.05, 0) is 17.7 Å². The first-order valence-electron chi connectivity index (χ1n) is 5.98. The van der Waals surface area contributed by atoms with E-state index in [1.807, 2.05) is 36.4 Å². The second-order valence-electron chi connectivity index (χ2n) is 4.19. The van der Waals surface area contributed by atoms with Crippen molar-refractivity contribution in [3.63, 3.8) is 0 Å². The van der Waals surface area contributed by atoms with Gasteiger partial charge in [0.05, 0.1) is 6.20 Å². The molecule has 0 atom stereocenters. The number of rotatable bonds is 3. The van der Waals surface area contributed by atoms with Gasteiger partial charge in [-0.1, -0.05) is 30.3 Å². The van der Waals surface area contributed by atoms with Crippen LogP contribution in [0.4, 0.5) is 0 Å². The second kappa shape index (κ2) is 6.70. The molecule has 0 saturated carbocycles. The fraction of sp³-hybridized carbons (Fsp3) is 0.0667. The van der Waals surface area contributed by atoms with Crippen molar-refractivity contribution in [3.05, 3.63) is 66.2 Å². The minimum Gasteiger partial charge on any atom is -1.00 e. The normalized spacial score (nSPS) is 10.0. The molecule has 0 unspecified atom stereocenters. The van der Waals surface area contributed by atoms with Gasteiger partial charge in [0.15, 0.2) is 11.3 Å². The van der Waals surface area contributed by atoms with Crippen LogP contribution in [0.1, 0.15) is 17.5 Å². The molecule has 96 valence electrons. The van der Waals surface area contributed by atoms with Crippen LogP contribution in [0, 0.1) is 0 Å². The molecule has 0 saturated heterocycles. The quantitative estimate of drug-likeness (QED) is 0.678. The number of nitrogens with zero attached hydrogens (tertiary/aromatic N) is 1. The standard InChI is InChI=1S/C15H12N2O2.Na.H/c18-15(17-9-11-4-2-1-3-5-11)13-8-12-6-7-16-10-14(12)19-13;;/h1-8,10H,9H2,(H,17,18);;/q;+1;-1. The molecule has 0 aliphatic carbocycles. The Labute approximate surface area is 140 Å². The summed E-state index contributed by atoms with van der Waals surface area (Å²) in [5.74, 6) is 0.0824. The van der Waals surface area contributed by atoms with Crippen LogP contribution < -0.4 is 34.9 Å². The van der Waals surface area contributed by atoms with Crippen molar-refractivity contribution in [1.29, 1.82) is 0 Å². The van der Waals surface area contributed by atoms with Gasteiger partial charge < -0.3 is 11.2 Å². The molecule has 3 rings (SSSR count). The third-order valence-electron chi connectivity index (χ3n) is 2.84. The van der Waals surface area contributed by atoms with Crippen molar-refractivity contribution in [1.82, 2.24) is 10.3 Å². The average molecular weight is 276 g/mol. The van der Waals surface area contributed by atoms with E-state index in [0.717, 1.165) is 10.9 Å². The molecular weight excluding hydrogens is 263 g/mol. The molecule has 3 aromatic rings. The van der Waals surface area contributed by atoms with Gasteiger partial charge in [-0.15, -0.1) is 0 Å². The molecule has 0 spiro atoms. The number of benzene rings is 1. The fourth-order valence-electron chi connectivity index (χ4n) is 1.86. The van der Waals surface area contributed by atoms with Crippen LogP contribution in [-0.2, 0) is 6.54 Å². The van der Waals surface area contributed by atoms with Crippen LogP contribution in [-0.4, -0.2) is 10.9 Å². The van der Waals surface area contributed by atoms with Crippen LogP contribution >= 0.6 is 0 Å². The van der Waals surface area contributed by atoms with Crippen LogP contribution in [0.15, 0.2) is 59.3 Å². The smallest absolute Gasteiger partial charge is 1.00 e. The van der Waals surface area contributed by atoms with Crippen molar-refractivity contribution < 1.29 is 40.2 Å². The number of carbonyl (C=O) groups excluding carboxylic acids is 1. The first-order valence-corrected chi connectivity index (χ1v) is 5.98. The third-order valence-corrected chi connectivity index (χ3v) is 2.84. The Morgan fingerprint density at radius 2 is 2.05 bits per heavy atom. The van der Waals surface area contributed by atoms with Crippen LogP contribution in [0.3, 0.4) is 0 Å². The summed E-state index contributed by atoms with van der Waals surface area (Å²) >= 11 is 0. The van der Waals surface area contributed by atoms with Gasteiger partial charge in [-0.25, -0.2) is 0 Å². The predicted molar refractivity (Wildman–Crippen MR) is 72.7 cm³/mol. The number of aromatic nitrogens is 1. The van der Waals surface area contributed by atoms with Crippen molar-refractivity contribution in [2.45, 2.75) is 6.54 Å². The monoisotopic (exact) mass is 276 g/mol. The molecule has 2 aromatic heterocycles. The molecule has 0 aliphatic rings. The van der Waals surface area contributed by atoms with Gasteiger partial charge in [0.25, 0.3) is 5.91 Å². The molecule has 5 heteroatoms. The Morgan fingerprint density at radius 1 is 1.25 bits per heavy atom. The number of amides is 1. The number of carbonyl (C=O) groups is 1. The molecule has 0 radical (unpaired) electrons. The van der Waals surface area contributed by atoms with Crippen molar-refractivity contribution in [2.75, 3.05) is 0 Å². The zero-order chi connectivity index (χ0) is 13.1. The summed E-state index contributed by atoms with van der Waals surface area (Å²) in [6, 6.07) is 13.3. The average Bonchev–Trinajstić information content (AvgIpc) is 2.90. The third kappa shape index (κ3) is 3.28. The molecule has 0 aliphatic heterocycles. The topological polar surface area (TPSA) is 55.1 Å². The van der Waals surface area contributed by atoms with Crippen molar-refractivity contribution in [2.24, 2.45) is 0 Å². The minimum atomic E-state index is -0.222. The summed E-state index contributed by atoms with van der Waals surface area (Å²) < 4.78 is 5.44. The van der Waals surface area contributed by atoms with E-state index in [1.165, 1.54) is 0 Å². The van der Waals surface area contributed by atoms with Gasteiger partial charge in [-0.3, -0.25) is 9.78 Å². The van der Waals surface area contributed by atoms with Gasteiger partial charge >= 0.3 is 29.6 Å². The number of pyridine rings is 1. The van der Waals surface area contributed by atoms with E-state index in [2.05, 4.69) is 10.3 Å².